The highest BCUT2D eigenvalue weighted by atomic mass is 16.5. The van der Waals surface area contributed by atoms with Crippen molar-refractivity contribution in [2.75, 3.05) is 6.61 Å². The van der Waals surface area contributed by atoms with Gasteiger partial charge in [-0.2, -0.15) is 0 Å². The van der Waals surface area contributed by atoms with Gasteiger partial charge in [-0.05, 0) is 49.6 Å². The monoisotopic (exact) mass is 390 g/mol. The van der Waals surface area contributed by atoms with Crippen LogP contribution in [0.3, 0.4) is 0 Å². The van der Waals surface area contributed by atoms with Crippen LogP contribution in [-0.4, -0.2) is 18.6 Å². The molecule has 2 N–H and O–H groups in total. The summed E-state index contributed by atoms with van der Waals surface area (Å²) in [5.74, 6) is 2.42. The van der Waals surface area contributed by atoms with Crippen LogP contribution in [0.15, 0.2) is 71.1 Å². The number of hydrogen-bond acceptors (Lipinski definition) is 4. The first-order chi connectivity index (χ1) is 14.2. The summed E-state index contributed by atoms with van der Waals surface area (Å²) in [6.07, 6.45) is 2.16. The molecule has 1 aliphatic carbocycles. The second-order valence-electron chi connectivity index (χ2n) is 7.43. The Morgan fingerprint density at radius 1 is 1.07 bits per heavy atom. The van der Waals surface area contributed by atoms with Crippen LogP contribution in [0.2, 0.25) is 0 Å². The molecule has 0 radical (unpaired) electrons. The molecule has 1 saturated carbocycles. The molecular weight excluding hydrogens is 364 g/mol. The van der Waals surface area contributed by atoms with Gasteiger partial charge in [-0.25, -0.2) is 0 Å². The lowest BCUT2D eigenvalue weighted by molar-refractivity contribution is -0.123. The summed E-state index contributed by atoms with van der Waals surface area (Å²) < 4.78 is 11.5. The molecule has 5 nitrogen and oxygen atoms in total. The topological polar surface area (TPSA) is 63.5 Å². The smallest absolute Gasteiger partial charge is 0.258 e. The Kier molecular flexibility index (Phi) is 5.96. The third-order valence-corrected chi connectivity index (χ3v) is 4.99. The van der Waals surface area contributed by atoms with Crippen LogP contribution in [0.4, 0.5) is 0 Å². The number of rotatable bonds is 9. The van der Waals surface area contributed by atoms with Crippen molar-refractivity contribution in [3.8, 4) is 17.1 Å². The Morgan fingerprint density at radius 2 is 1.83 bits per heavy atom. The van der Waals surface area contributed by atoms with Gasteiger partial charge in [0.2, 0.25) is 0 Å². The normalized spacial score (nSPS) is 14.4. The molecular formula is C24H26N2O3. The Balaban J connectivity index is 1.25. The van der Waals surface area contributed by atoms with Crippen LogP contribution in [0.5, 0.6) is 5.75 Å². The molecule has 0 bridgehead atoms. The number of hydrogen-bond donors (Lipinski definition) is 2. The van der Waals surface area contributed by atoms with Crippen molar-refractivity contribution in [3.63, 3.8) is 0 Å². The lowest BCUT2D eigenvalue weighted by atomic mass is 10.1. The van der Waals surface area contributed by atoms with Gasteiger partial charge in [0.25, 0.3) is 5.91 Å². The molecule has 1 atom stereocenters. The van der Waals surface area contributed by atoms with Gasteiger partial charge in [0.15, 0.2) is 6.61 Å². The summed E-state index contributed by atoms with van der Waals surface area (Å²) in [4.78, 5) is 11.7. The number of furan rings is 1. The van der Waals surface area contributed by atoms with Crippen LogP contribution in [0.1, 0.15) is 37.1 Å². The summed E-state index contributed by atoms with van der Waals surface area (Å²) in [5.41, 5.74) is 2.22. The van der Waals surface area contributed by atoms with Gasteiger partial charge in [0, 0.05) is 17.6 Å². The van der Waals surface area contributed by atoms with E-state index < -0.39 is 0 Å². The van der Waals surface area contributed by atoms with E-state index in [0.29, 0.717) is 18.3 Å². The molecule has 0 saturated heterocycles. The predicted molar refractivity (Wildman–Crippen MR) is 113 cm³/mol. The van der Waals surface area contributed by atoms with Crippen LogP contribution in [0, 0.1) is 0 Å². The molecule has 4 rings (SSSR count). The molecule has 1 heterocycles. The van der Waals surface area contributed by atoms with E-state index in [1.54, 1.807) is 0 Å². The summed E-state index contributed by atoms with van der Waals surface area (Å²) in [5, 5.41) is 6.39. The van der Waals surface area contributed by atoms with Crippen LogP contribution < -0.4 is 15.4 Å². The standard InChI is InChI=1S/C24H26N2O3/c1-17(25-15-22-13-14-23(29-22)19-5-3-2-4-6-19)18-7-11-21(12-8-18)28-16-24(27)26-20-9-10-20/h2-8,11-14,17,20,25H,9-10,15-16H2,1H3,(H,26,27). The van der Waals surface area contributed by atoms with E-state index >= 15 is 0 Å². The summed E-state index contributed by atoms with van der Waals surface area (Å²) >= 11 is 0. The number of carbonyl (C=O) groups excluding carboxylic acids is 1. The summed E-state index contributed by atoms with van der Waals surface area (Å²) in [6, 6.07) is 22.4. The van der Waals surface area contributed by atoms with E-state index in [0.717, 1.165) is 35.5 Å². The lowest BCUT2D eigenvalue weighted by Gasteiger charge is -2.14. The van der Waals surface area contributed by atoms with E-state index in [9.17, 15) is 4.79 Å². The average Bonchev–Trinajstić information content (AvgIpc) is 3.44. The fourth-order valence-electron chi connectivity index (χ4n) is 3.10. The molecule has 1 aliphatic rings. The maximum absolute atomic E-state index is 11.7. The van der Waals surface area contributed by atoms with Gasteiger partial charge in [0.1, 0.15) is 17.3 Å². The zero-order valence-electron chi connectivity index (χ0n) is 16.6. The SMILES string of the molecule is CC(NCc1ccc(-c2ccccc2)o1)c1ccc(OCC(=O)NC2CC2)cc1. The largest absolute Gasteiger partial charge is 0.484 e. The minimum Gasteiger partial charge on any atom is -0.484 e. The zero-order valence-corrected chi connectivity index (χ0v) is 16.6. The van der Waals surface area contributed by atoms with Gasteiger partial charge in [0.05, 0.1) is 6.54 Å². The summed E-state index contributed by atoms with van der Waals surface area (Å²) in [6.45, 7) is 2.82. The number of benzene rings is 2. The van der Waals surface area contributed by atoms with Crippen molar-refractivity contribution in [1.29, 1.82) is 0 Å². The first kappa shape index (κ1) is 19.3. The molecule has 5 heteroatoms. The van der Waals surface area contributed by atoms with Crippen molar-refractivity contribution in [1.82, 2.24) is 10.6 Å². The van der Waals surface area contributed by atoms with Crippen LogP contribution >= 0.6 is 0 Å². The Morgan fingerprint density at radius 3 is 2.55 bits per heavy atom. The maximum Gasteiger partial charge on any atom is 0.258 e. The molecule has 3 aromatic rings. The Bertz CT molecular complexity index is 930. The first-order valence-electron chi connectivity index (χ1n) is 10.1. The molecule has 1 unspecified atom stereocenters. The van der Waals surface area contributed by atoms with Crippen molar-refractivity contribution >= 4 is 5.91 Å². The van der Waals surface area contributed by atoms with Gasteiger partial charge < -0.3 is 19.8 Å². The van der Waals surface area contributed by atoms with Gasteiger partial charge in [-0.3, -0.25) is 4.79 Å². The molecule has 2 aromatic carbocycles. The first-order valence-corrected chi connectivity index (χ1v) is 10.1. The minimum atomic E-state index is -0.0556. The van der Waals surface area contributed by atoms with Crippen molar-refractivity contribution in [2.45, 2.75) is 38.4 Å². The maximum atomic E-state index is 11.7. The highest BCUT2D eigenvalue weighted by Crippen LogP contribution is 2.23. The van der Waals surface area contributed by atoms with Gasteiger partial charge in [-0.1, -0.05) is 42.5 Å². The van der Waals surface area contributed by atoms with Gasteiger partial charge in [-0.15, -0.1) is 0 Å². The second kappa shape index (κ2) is 8.97. The molecule has 1 fully saturated rings. The van der Waals surface area contributed by atoms with Crippen molar-refractivity contribution < 1.29 is 13.9 Å². The Labute approximate surface area is 171 Å². The summed E-state index contributed by atoms with van der Waals surface area (Å²) in [7, 11) is 0. The Hall–Kier alpha value is -3.05. The van der Waals surface area contributed by atoms with Crippen molar-refractivity contribution in [2.24, 2.45) is 0 Å². The fraction of sp³-hybridized carbons (Fsp3) is 0.292. The van der Waals surface area contributed by atoms with E-state index in [1.807, 2.05) is 66.7 Å². The third-order valence-electron chi connectivity index (χ3n) is 4.99. The number of nitrogens with one attached hydrogen (secondary N) is 2. The quantitative estimate of drug-likeness (QED) is 0.566. The predicted octanol–water partition coefficient (Wildman–Crippen LogP) is 4.45. The molecule has 1 amide bonds. The molecule has 150 valence electrons. The third kappa shape index (κ3) is 5.48. The highest BCUT2D eigenvalue weighted by Gasteiger charge is 2.23. The van der Waals surface area contributed by atoms with E-state index in [4.69, 9.17) is 9.15 Å². The van der Waals surface area contributed by atoms with E-state index in [1.165, 1.54) is 0 Å². The van der Waals surface area contributed by atoms with Gasteiger partial charge >= 0.3 is 0 Å². The van der Waals surface area contributed by atoms with Crippen LogP contribution in [-0.2, 0) is 11.3 Å². The van der Waals surface area contributed by atoms with Crippen LogP contribution in [0.25, 0.3) is 11.3 Å². The second-order valence-corrected chi connectivity index (χ2v) is 7.43. The number of ether oxygens (including phenoxy) is 1. The zero-order chi connectivity index (χ0) is 20.1. The van der Waals surface area contributed by atoms with Crippen molar-refractivity contribution in [3.05, 3.63) is 78.1 Å². The lowest BCUT2D eigenvalue weighted by Crippen LogP contribution is -2.30. The molecule has 29 heavy (non-hydrogen) atoms. The minimum absolute atomic E-state index is 0.0556. The highest BCUT2D eigenvalue weighted by molar-refractivity contribution is 5.78. The molecule has 1 aromatic heterocycles. The van der Waals surface area contributed by atoms with E-state index in [2.05, 4.69) is 17.6 Å². The number of carbonyl (C=O) groups is 1. The molecule has 0 aliphatic heterocycles. The molecule has 0 spiro atoms. The number of amides is 1. The van der Waals surface area contributed by atoms with E-state index in [-0.39, 0.29) is 18.6 Å². The fourth-order valence-corrected chi connectivity index (χ4v) is 3.10. The average molecular weight is 390 g/mol.